The summed E-state index contributed by atoms with van der Waals surface area (Å²) in [5.41, 5.74) is 0.0115. The van der Waals surface area contributed by atoms with Crippen molar-refractivity contribution in [3.63, 3.8) is 0 Å². The quantitative estimate of drug-likeness (QED) is 0.509. The zero-order valence-corrected chi connectivity index (χ0v) is 13.4. The van der Waals surface area contributed by atoms with Crippen LogP contribution in [0.4, 0.5) is 26.3 Å². The molecule has 0 bridgehead atoms. The van der Waals surface area contributed by atoms with Crippen LogP contribution in [0.3, 0.4) is 0 Å². The minimum absolute atomic E-state index is 0.0115. The molecular formula is C15H8F6N2O2S. The molecule has 2 heterocycles. The van der Waals surface area contributed by atoms with Gasteiger partial charge in [0.05, 0.1) is 11.6 Å². The molecule has 0 unspecified atom stereocenters. The minimum Gasteiger partial charge on any atom is -0.473 e. The Bertz CT molecular complexity index is 836. The Morgan fingerprint density at radius 2 is 1.81 bits per heavy atom. The first-order valence-corrected chi connectivity index (χ1v) is 7.53. The Balaban J connectivity index is 2.13. The van der Waals surface area contributed by atoms with E-state index in [0.29, 0.717) is 17.4 Å². The van der Waals surface area contributed by atoms with E-state index < -0.39 is 23.8 Å². The Morgan fingerprint density at radius 3 is 2.38 bits per heavy atom. The second-order valence-corrected chi connectivity index (χ2v) is 5.66. The van der Waals surface area contributed by atoms with Crippen LogP contribution < -0.4 is 9.47 Å². The standard InChI is InChI=1S/C15H8F6N2O2S/c16-14(17,18)4-1-5-24-11-6-9(8-22)7-12(23-11)25-13-3-2-10(26-13)15(19,20)21/h1-4,6-7H,5H2. The summed E-state index contributed by atoms with van der Waals surface area (Å²) in [7, 11) is 0. The van der Waals surface area contributed by atoms with Crippen LogP contribution in [0.2, 0.25) is 0 Å². The normalized spacial score (nSPS) is 12.2. The number of aromatic nitrogens is 1. The molecule has 0 aromatic carbocycles. The van der Waals surface area contributed by atoms with Crippen molar-refractivity contribution in [3.05, 3.63) is 46.9 Å². The summed E-state index contributed by atoms with van der Waals surface area (Å²) in [5.74, 6) is -0.437. The molecule has 0 aliphatic heterocycles. The van der Waals surface area contributed by atoms with Crippen molar-refractivity contribution in [1.82, 2.24) is 4.98 Å². The minimum atomic E-state index is -4.52. The van der Waals surface area contributed by atoms with Crippen LogP contribution in [0, 0.1) is 11.3 Å². The average molecular weight is 394 g/mol. The van der Waals surface area contributed by atoms with Crippen LogP contribution in [-0.2, 0) is 6.18 Å². The molecule has 0 aliphatic rings. The molecule has 2 aromatic rings. The van der Waals surface area contributed by atoms with Gasteiger partial charge in [-0.2, -0.15) is 36.6 Å². The van der Waals surface area contributed by atoms with E-state index in [1.807, 2.05) is 0 Å². The SMILES string of the molecule is N#Cc1cc(OCC=CC(F)(F)F)nc(Oc2ccc(C(F)(F)F)s2)c1. The lowest BCUT2D eigenvalue weighted by Crippen LogP contribution is -2.03. The van der Waals surface area contributed by atoms with Crippen molar-refractivity contribution < 1.29 is 35.8 Å². The maximum Gasteiger partial charge on any atom is 0.425 e. The van der Waals surface area contributed by atoms with Gasteiger partial charge in [-0.3, -0.25) is 0 Å². The topological polar surface area (TPSA) is 55.1 Å². The summed E-state index contributed by atoms with van der Waals surface area (Å²) in [6.45, 7) is -0.474. The zero-order chi connectivity index (χ0) is 19.4. The predicted octanol–water partition coefficient (Wildman–Crippen LogP) is 5.32. The molecular weight excluding hydrogens is 386 g/mol. The smallest absolute Gasteiger partial charge is 0.425 e. The number of allylic oxidation sites excluding steroid dienone is 1. The number of nitriles is 1. The highest BCUT2D eigenvalue weighted by Gasteiger charge is 2.32. The molecule has 0 fully saturated rings. The highest BCUT2D eigenvalue weighted by molar-refractivity contribution is 7.13. The molecule has 0 N–H and O–H groups in total. The number of ether oxygens (including phenoxy) is 2. The molecule has 0 aliphatic carbocycles. The van der Waals surface area contributed by atoms with Crippen molar-refractivity contribution in [2.75, 3.05) is 6.61 Å². The van der Waals surface area contributed by atoms with E-state index in [1.54, 1.807) is 6.07 Å². The zero-order valence-electron chi connectivity index (χ0n) is 12.6. The molecule has 138 valence electrons. The van der Waals surface area contributed by atoms with E-state index in [4.69, 9.17) is 14.7 Å². The molecule has 11 heteroatoms. The van der Waals surface area contributed by atoms with Gasteiger partial charge in [-0.05, 0) is 18.2 Å². The average Bonchev–Trinajstić information content (AvgIpc) is 2.99. The van der Waals surface area contributed by atoms with E-state index in [-0.39, 0.29) is 28.5 Å². The molecule has 4 nitrogen and oxygen atoms in total. The Kier molecular flexibility index (Phi) is 5.76. The largest absolute Gasteiger partial charge is 0.473 e. The monoisotopic (exact) mass is 394 g/mol. The molecule has 2 rings (SSSR count). The summed E-state index contributed by atoms with van der Waals surface area (Å²) in [5, 5.41) is 8.82. The van der Waals surface area contributed by atoms with Crippen LogP contribution in [0.1, 0.15) is 10.4 Å². The third-order valence-electron chi connectivity index (χ3n) is 2.61. The van der Waals surface area contributed by atoms with Gasteiger partial charge in [-0.15, -0.1) is 0 Å². The molecule has 0 radical (unpaired) electrons. The number of hydrogen-bond acceptors (Lipinski definition) is 5. The summed E-state index contributed by atoms with van der Waals surface area (Å²) < 4.78 is 83.8. The summed E-state index contributed by atoms with van der Waals surface area (Å²) in [4.78, 5) is 2.92. The first-order valence-electron chi connectivity index (χ1n) is 6.71. The van der Waals surface area contributed by atoms with Crippen molar-refractivity contribution in [1.29, 1.82) is 5.26 Å². The third kappa shape index (κ3) is 5.96. The van der Waals surface area contributed by atoms with Gasteiger partial charge in [0.2, 0.25) is 11.8 Å². The molecule has 2 aromatic heterocycles. The maximum absolute atomic E-state index is 12.6. The van der Waals surface area contributed by atoms with Crippen LogP contribution >= 0.6 is 11.3 Å². The van der Waals surface area contributed by atoms with Gasteiger partial charge in [0.15, 0.2) is 5.06 Å². The van der Waals surface area contributed by atoms with E-state index in [2.05, 4.69) is 4.98 Å². The highest BCUT2D eigenvalue weighted by Crippen LogP contribution is 2.39. The molecule has 0 amide bonds. The highest BCUT2D eigenvalue weighted by atomic mass is 32.1. The number of alkyl halides is 6. The van der Waals surface area contributed by atoms with E-state index >= 15 is 0 Å². The van der Waals surface area contributed by atoms with Gasteiger partial charge in [0.25, 0.3) is 0 Å². The first-order chi connectivity index (χ1) is 12.1. The number of halogens is 6. The van der Waals surface area contributed by atoms with Crippen molar-refractivity contribution >= 4 is 11.3 Å². The van der Waals surface area contributed by atoms with Crippen LogP contribution in [0.15, 0.2) is 36.4 Å². The Labute approximate surface area is 146 Å². The Morgan fingerprint density at radius 1 is 1.12 bits per heavy atom. The number of nitrogens with zero attached hydrogens (tertiary/aromatic N) is 2. The van der Waals surface area contributed by atoms with Gasteiger partial charge in [-0.1, -0.05) is 11.3 Å². The van der Waals surface area contributed by atoms with Crippen LogP contribution in [-0.4, -0.2) is 17.8 Å². The van der Waals surface area contributed by atoms with Crippen LogP contribution in [0.25, 0.3) is 0 Å². The van der Waals surface area contributed by atoms with Gasteiger partial charge < -0.3 is 9.47 Å². The Hall–Kier alpha value is -2.74. The number of hydrogen-bond donors (Lipinski definition) is 0. The lowest BCUT2D eigenvalue weighted by Gasteiger charge is -2.07. The fraction of sp³-hybridized carbons (Fsp3) is 0.200. The predicted molar refractivity (Wildman–Crippen MR) is 79.0 cm³/mol. The van der Waals surface area contributed by atoms with Crippen molar-refractivity contribution in [2.45, 2.75) is 12.4 Å². The number of thiophene rings is 1. The summed E-state index contributed by atoms with van der Waals surface area (Å²) in [6.07, 6.45) is -8.33. The summed E-state index contributed by atoms with van der Waals surface area (Å²) >= 11 is 0.331. The van der Waals surface area contributed by atoms with Gasteiger partial charge in [-0.25, -0.2) is 0 Å². The van der Waals surface area contributed by atoms with E-state index in [9.17, 15) is 26.3 Å². The fourth-order valence-electron chi connectivity index (χ4n) is 1.62. The van der Waals surface area contributed by atoms with Crippen molar-refractivity contribution in [2.24, 2.45) is 0 Å². The third-order valence-corrected chi connectivity index (χ3v) is 3.62. The maximum atomic E-state index is 12.6. The molecule has 26 heavy (non-hydrogen) atoms. The molecule has 0 saturated heterocycles. The second kappa shape index (κ2) is 7.65. The van der Waals surface area contributed by atoms with Gasteiger partial charge >= 0.3 is 12.4 Å². The number of rotatable bonds is 5. The lowest BCUT2D eigenvalue weighted by molar-refractivity contribution is -0.134. The van der Waals surface area contributed by atoms with Crippen LogP contribution in [0.5, 0.6) is 16.8 Å². The fourth-order valence-corrected chi connectivity index (χ4v) is 2.35. The first kappa shape index (κ1) is 19.6. The summed E-state index contributed by atoms with van der Waals surface area (Å²) in [6, 6.07) is 5.99. The van der Waals surface area contributed by atoms with Crippen molar-refractivity contribution in [3.8, 4) is 22.9 Å². The molecule has 0 atom stereocenters. The molecule has 0 saturated carbocycles. The van der Waals surface area contributed by atoms with E-state index in [0.717, 1.165) is 24.3 Å². The van der Waals surface area contributed by atoms with Gasteiger partial charge in [0, 0.05) is 18.2 Å². The van der Waals surface area contributed by atoms with Gasteiger partial charge in [0.1, 0.15) is 11.5 Å². The lowest BCUT2D eigenvalue weighted by atomic mass is 10.3. The molecule has 0 spiro atoms. The second-order valence-electron chi connectivity index (χ2n) is 4.62. The van der Waals surface area contributed by atoms with E-state index in [1.165, 1.54) is 0 Å². The number of pyridine rings is 1.